The molecule has 1 aliphatic rings. The molecule has 1 aromatic carbocycles. The molecule has 2 atom stereocenters. The van der Waals surface area contributed by atoms with Crippen molar-refractivity contribution in [1.29, 1.82) is 0 Å². The standard InChI is InChI=1S/C17H23NO4/c1-3-12(2)13-6-8-14(9-7-13)18-16(19)11-22-17(20)15-5-4-10-21-15/h6-9,12,15H,3-5,10-11H2,1-2H3,(H,18,19)/t12-,15-/m1/s1. The van der Waals surface area contributed by atoms with Crippen LogP contribution in [0.4, 0.5) is 5.69 Å². The molecule has 1 saturated heterocycles. The molecule has 0 spiro atoms. The third kappa shape index (κ3) is 4.56. The monoisotopic (exact) mass is 305 g/mol. The number of carbonyl (C=O) groups is 2. The Hall–Kier alpha value is -1.88. The highest BCUT2D eigenvalue weighted by atomic mass is 16.6. The Morgan fingerprint density at radius 3 is 2.68 bits per heavy atom. The first-order valence-electron chi connectivity index (χ1n) is 7.78. The van der Waals surface area contributed by atoms with Crippen LogP contribution in [0.3, 0.4) is 0 Å². The Morgan fingerprint density at radius 2 is 2.09 bits per heavy atom. The number of nitrogens with one attached hydrogen (secondary N) is 1. The molecular formula is C17H23NO4. The fourth-order valence-electron chi connectivity index (χ4n) is 2.32. The second-order valence-electron chi connectivity index (χ2n) is 5.59. The van der Waals surface area contributed by atoms with Crippen LogP contribution in [0.25, 0.3) is 0 Å². The summed E-state index contributed by atoms with van der Waals surface area (Å²) in [6.07, 6.45) is 2.08. The molecule has 120 valence electrons. The maximum Gasteiger partial charge on any atom is 0.335 e. The van der Waals surface area contributed by atoms with Crippen molar-refractivity contribution in [3.05, 3.63) is 29.8 Å². The van der Waals surface area contributed by atoms with E-state index in [0.29, 0.717) is 24.6 Å². The molecule has 0 bridgehead atoms. The molecule has 1 fully saturated rings. The summed E-state index contributed by atoms with van der Waals surface area (Å²) in [5.41, 5.74) is 1.94. The highest BCUT2D eigenvalue weighted by molar-refractivity contribution is 5.93. The van der Waals surface area contributed by atoms with Gasteiger partial charge in [0.05, 0.1) is 0 Å². The molecule has 0 radical (unpaired) electrons. The first-order chi connectivity index (χ1) is 10.6. The molecule has 5 heteroatoms. The predicted octanol–water partition coefficient (Wildman–Crippen LogP) is 2.86. The van der Waals surface area contributed by atoms with Gasteiger partial charge in [0.2, 0.25) is 0 Å². The summed E-state index contributed by atoms with van der Waals surface area (Å²) in [5.74, 6) is -0.306. The van der Waals surface area contributed by atoms with Crippen molar-refractivity contribution in [3.63, 3.8) is 0 Å². The lowest BCUT2D eigenvalue weighted by atomic mass is 9.99. The van der Waals surface area contributed by atoms with Gasteiger partial charge >= 0.3 is 5.97 Å². The van der Waals surface area contributed by atoms with E-state index in [1.54, 1.807) is 0 Å². The molecule has 1 heterocycles. The van der Waals surface area contributed by atoms with E-state index < -0.39 is 12.1 Å². The number of esters is 1. The summed E-state index contributed by atoms with van der Waals surface area (Å²) < 4.78 is 10.2. The lowest BCUT2D eigenvalue weighted by Crippen LogP contribution is -2.27. The minimum atomic E-state index is -0.511. The van der Waals surface area contributed by atoms with Crippen LogP contribution >= 0.6 is 0 Å². The molecule has 2 rings (SSSR count). The minimum Gasteiger partial charge on any atom is -0.454 e. The van der Waals surface area contributed by atoms with E-state index in [-0.39, 0.29) is 12.5 Å². The van der Waals surface area contributed by atoms with Crippen molar-refractivity contribution < 1.29 is 19.1 Å². The Labute approximate surface area is 131 Å². The summed E-state index contributed by atoms with van der Waals surface area (Å²) in [6.45, 7) is 4.60. The van der Waals surface area contributed by atoms with Crippen LogP contribution in [-0.2, 0) is 19.1 Å². The molecule has 0 aliphatic carbocycles. The van der Waals surface area contributed by atoms with Crippen LogP contribution in [0.15, 0.2) is 24.3 Å². The summed E-state index contributed by atoms with van der Waals surface area (Å²) in [5, 5.41) is 2.72. The number of hydrogen-bond acceptors (Lipinski definition) is 4. The van der Waals surface area contributed by atoms with E-state index in [0.717, 1.165) is 12.8 Å². The second-order valence-corrected chi connectivity index (χ2v) is 5.59. The first kappa shape index (κ1) is 16.5. The van der Waals surface area contributed by atoms with Gasteiger partial charge in [-0.25, -0.2) is 4.79 Å². The van der Waals surface area contributed by atoms with Crippen LogP contribution in [0.2, 0.25) is 0 Å². The molecule has 22 heavy (non-hydrogen) atoms. The normalized spacial score (nSPS) is 18.7. The zero-order valence-electron chi connectivity index (χ0n) is 13.1. The van der Waals surface area contributed by atoms with Gasteiger partial charge in [-0.2, -0.15) is 0 Å². The van der Waals surface area contributed by atoms with Gasteiger partial charge in [0.1, 0.15) is 0 Å². The summed E-state index contributed by atoms with van der Waals surface area (Å²) in [4.78, 5) is 23.4. The second kappa shape index (κ2) is 7.94. The lowest BCUT2D eigenvalue weighted by molar-refractivity contribution is -0.156. The Kier molecular flexibility index (Phi) is 5.95. The van der Waals surface area contributed by atoms with Crippen molar-refractivity contribution >= 4 is 17.6 Å². The quantitative estimate of drug-likeness (QED) is 0.821. The van der Waals surface area contributed by atoms with Gasteiger partial charge in [-0.15, -0.1) is 0 Å². The lowest BCUT2D eigenvalue weighted by Gasteiger charge is -2.11. The average Bonchev–Trinajstić information content (AvgIpc) is 3.07. The van der Waals surface area contributed by atoms with Crippen molar-refractivity contribution in [2.24, 2.45) is 0 Å². The van der Waals surface area contributed by atoms with E-state index in [9.17, 15) is 9.59 Å². The van der Waals surface area contributed by atoms with Crippen LogP contribution in [0.5, 0.6) is 0 Å². The van der Waals surface area contributed by atoms with Gasteiger partial charge in [-0.05, 0) is 42.9 Å². The average molecular weight is 305 g/mol. The number of anilines is 1. The Morgan fingerprint density at radius 1 is 1.36 bits per heavy atom. The zero-order chi connectivity index (χ0) is 15.9. The van der Waals surface area contributed by atoms with E-state index in [1.807, 2.05) is 24.3 Å². The fourth-order valence-corrected chi connectivity index (χ4v) is 2.32. The largest absolute Gasteiger partial charge is 0.454 e. The van der Waals surface area contributed by atoms with Crippen LogP contribution in [0.1, 0.15) is 44.6 Å². The van der Waals surface area contributed by atoms with Gasteiger partial charge in [-0.1, -0.05) is 26.0 Å². The van der Waals surface area contributed by atoms with E-state index in [1.165, 1.54) is 5.56 Å². The molecule has 5 nitrogen and oxygen atoms in total. The SMILES string of the molecule is CC[C@@H](C)c1ccc(NC(=O)COC(=O)[C@H]2CCCO2)cc1. The van der Waals surface area contributed by atoms with Crippen molar-refractivity contribution in [1.82, 2.24) is 0 Å². The van der Waals surface area contributed by atoms with Gasteiger partial charge in [0.25, 0.3) is 5.91 Å². The van der Waals surface area contributed by atoms with Crippen LogP contribution in [-0.4, -0.2) is 31.2 Å². The highest BCUT2D eigenvalue weighted by Gasteiger charge is 2.25. The summed E-state index contributed by atoms with van der Waals surface area (Å²) >= 11 is 0. The topological polar surface area (TPSA) is 64.6 Å². The number of carbonyl (C=O) groups excluding carboxylic acids is 2. The van der Waals surface area contributed by atoms with E-state index in [2.05, 4.69) is 19.2 Å². The summed E-state index contributed by atoms with van der Waals surface area (Å²) in [7, 11) is 0. The molecule has 0 saturated carbocycles. The third-order valence-electron chi connectivity index (χ3n) is 3.91. The summed E-state index contributed by atoms with van der Waals surface area (Å²) in [6, 6.07) is 7.73. The Bertz CT molecular complexity index is 506. The number of rotatable bonds is 6. The molecule has 0 aromatic heterocycles. The fraction of sp³-hybridized carbons (Fsp3) is 0.529. The number of amides is 1. The number of ether oxygens (including phenoxy) is 2. The predicted molar refractivity (Wildman–Crippen MR) is 83.7 cm³/mol. The van der Waals surface area contributed by atoms with Gasteiger partial charge in [0.15, 0.2) is 12.7 Å². The highest BCUT2D eigenvalue weighted by Crippen LogP contribution is 2.20. The van der Waals surface area contributed by atoms with Gasteiger partial charge in [0, 0.05) is 12.3 Å². The maximum absolute atomic E-state index is 11.8. The first-order valence-corrected chi connectivity index (χ1v) is 7.78. The van der Waals surface area contributed by atoms with Crippen molar-refractivity contribution in [2.45, 2.75) is 45.1 Å². The zero-order valence-corrected chi connectivity index (χ0v) is 13.1. The van der Waals surface area contributed by atoms with Crippen molar-refractivity contribution in [2.75, 3.05) is 18.5 Å². The number of benzene rings is 1. The van der Waals surface area contributed by atoms with Crippen LogP contribution in [0, 0.1) is 0 Å². The van der Waals surface area contributed by atoms with E-state index in [4.69, 9.17) is 9.47 Å². The Balaban J connectivity index is 1.77. The molecule has 1 aromatic rings. The maximum atomic E-state index is 11.8. The van der Waals surface area contributed by atoms with Gasteiger partial charge in [-0.3, -0.25) is 4.79 Å². The number of hydrogen-bond donors (Lipinski definition) is 1. The van der Waals surface area contributed by atoms with Gasteiger partial charge < -0.3 is 14.8 Å². The van der Waals surface area contributed by atoms with Crippen LogP contribution < -0.4 is 5.32 Å². The molecule has 1 aliphatic heterocycles. The minimum absolute atomic E-state index is 0.286. The molecule has 1 amide bonds. The smallest absolute Gasteiger partial charge is 0.335 e. The molecular weight excluding hydrogens is 282 g/mol. The molecule has 1 N–H and O–H groups in total. The van der Waals surface area contributed by atoms with Crippen molar-refractivity contribution in [3.8, 4) is 0 Å². The molecule has 0 unspecified atom stereocenters. The van der Waals surface area contributed by atoms with E-state index >= 15 is 0 Å². The third-order valence-corrected chi connectivity index (χ3v) is 3.91.